The van der Waals surface area contributed by atoms with E-state index >= 15 is 0 Å². The highest BCUT2D eigenvalue weighted by Gasteiger charge is 2.18. The molecule has 1 saturated carbocycles. The summed E-state index contributed by atoms with van der Waals surface area (Å²) in [7, 11) is 0. The summed E-state index contributed by atoms with van der Waals surface area (Å²) < 4.78 is 1.69. The Bertz CT molecular complexity index is 614. The lowest BCUT2D eigenvalue weighted by atomic mass is 9.87. The van der Waals surface area contributed by atoms with Gasteiger partial charge in [0.1, 0.15) is 6.07 Å². The molecule has 0 aromatic carbocycles. The van der Waals surface area contributed by atoms with Crippen LogP contribution < -0.4 is 0 Å². The third-order valence-electron chi connectivity index (χ3n) is 3.80. The Labute approximate surface area is 106 Å². The molecule has 2 aromatic heterocycles. The van der Waals surface area contributed by atoms with Gasteiger partial charge in [-0.05, 0) is 31.9 Å². The fourth-order valence-electron chi connectivity index (χ4n) is 2.80. The zero-order chi connectivity index (χ0) is 12.5. The van der Waals surface area contributed by atoms with Crippen molar-refractivity contribution in [1.29, 1.82) is 5.26 Å². The lowest BCUT2D eigenvalue weighted by Gasteiger charge is -2.20. The largest absolute Gasteiger partial charge is 0.231 e. The maximum Gasteiger partial charge on any atom is 0.165 e. The fraction of sp³-hybridized carbons (Fsp3) is 0.500. The second-order valence-corrected chi connectivity index (χ2v) is 5.02. The second-order valence-electron chi connectivity index (χ2n) is 5.02. The van der Waals surface area contributed by atoms with Crippen LogP contribution in [-0.4, -0.2) is 14.6 Å². The van der Waals surface area contributed by atoms with E-state index in [1.165, 1.54) is 32.1 Å². The number of aryl methyl sites for hydroxylation is 1. The van der Waals surface area contributed by atoms with Gasteiger partial charge in [-0.1, -0.05) is 19.3 Å². The van der Waals surface area contributed by atoms with Crippen molar-refractivity contribution < 1.29 is 0 Å². The minimum absolute atomic E-state index is 0.553. The van der Waals surface area contributed by atoms with Crippen molar-refractivity contribution in [3.8, 4) is 6.07 Å². The first-order chi connectivity index (χ1) is 8.79. The number of fused-ring (bicyclic) bond motifs is 1. The molecular weight excluding hydrogens is 224 g/mol. The molecule has 4 heteroatoms. The molecule has 0 aliphatic heterocycles. The lowest BCUT2D eigenvalue weighted by Crippen LogP contribution is -2.09. The topological polar surface area (TPSA) is 54.0 Å². The number of nitriles is 1. The smallest absolute Gasteiger partial charge is 0.165 e. The van der Waals surface area contributed by atoms with E-state index in [0.717, 1.165) is 17.0 Å². The minimum Gasteiger partial charge on any atom is -0.231 e. The molecule has 2 heterocycles. The van der Waals surface area contributed by atoms with Gasteiger partial charge in [0.25, 0.3) is 0 Å². The molecule has 3 rings (SSSR count). The molecule has 1 aliphatic carbocycles. The summed E-state index contributed by atoms with van der Waals surface area (Å²) in [6, 6.07) is 6.23. The van der Waals surface area contributed by atoms with Crippen LogP contribution >= 0.6 is 0 Å². The van der Waals surface area contributed by atoms with Crippen LogP contribution in [0.2, 0.25) is 0 Å². The van der Waals surface area contributed by atoms with Gasteiger partial charge >= 0.3 is 0 Å². The van der Waals surface area contributed by atoms with Crippen molar-refractivity contribution in [2.45, 2.75) is 44.9 Å². The average Bonchev–Trinajstić information content (AvgIpc) is 2.74. The van der Waals surface area contributed by atoms with Gasteiger partial charge in [-0.3, -0.25) is 0 Å². The zero-order valence-electron chi connectivity index (χ0n) is 10.6. The van der Waals surface area contributed by atoms with E-state index in [0.29, 0.717) is 11.6 Å². The third kappa shape index (κ3) is 1.76. The SMILES string of the molecule is Cc1nc2ccc(C3CCCCC3)nn2c1C#N. The first kappa shape index (κ1) is 11.2. The summed E-state index contributed by atoms with van der Waals surface area (Å²) in [4.78, 5) is 4.35. The van der Waals surface area contributed by atoms with E-state index in [2.05, 4.69) is 22.2 Å². The van der Waals surface area contributed by atoms with Crippen LogP contribution in [0.25, 0.3) is 5.65 Å². The summed E-state index contributed by atoms with van der Waals surface area (Å²) in [6.45, 7) is 1.85. The van der Waals surface area contributed by atoms with Gasteiger partial charge in [0.05, 0.1) is 11.4 Å². The molecule has 0 spiro atoms. The average molecular weight is 240 g/mol. The molecule has 1 fully saturated rings. The first-order valence-corrected chi connectivity index (χ1v) is 6.56. The van der Waals surface area contributed by atoms with Gasteiger partial charge in [-0.15, -0.1) is 0 Å². The molecule has 0 unspecified atom stereocenters. The van der Waals surface area contributed by atoms with Crippen molar-refractivity contribution >= 4 is 5.65 Å². The van der Waals surface area contributed by atoms with E-state index in [9.17, 15) is 0 Å². The lowest BCUT2D eigenvalue weighted by molar-refractivity contribution is 0.433. The van der Waals surface area contributed by atoms with Crippen molar-refractivity contribution in [1.82, 2.24) is 14.6 Å². The van der Waals surface area contributed by atoms with Crippen LogP contribution in [0, 0.1) is 18.3 Å². The highest BCUT2D eigenvalue weighted by atomic mass is 15.3. The quantitative estimate of drug-likeness (QED) is 0.770. The molecule has 1 aliphatic rings. The maximum atomic E-state index is 9.16. The Morgan fingerprint density at radius 1 is 1.28 bits per heavy atom. The number of imidazole rings is 1. The first-order valence-electron chi connectivity index (χ1n) is 6.56. The number of nitrogens with zero attached hydrogens (tertiary/aromatic N) is 4. The number of rotatable bonds is 1. The van der Waals surface area contributed by atoms with Crippen molar-refractivity contribution in [2.24, 2.45) is 0 Å². The number of hydrogen-bond donors (Lipinski definition) is 0. The Balaban J connectivity index is 2.07. The third-order valence-corrected chi connectivity index (χ3v) is 3.80. The van der Waals surface area contributed by atoms with Crippen LogP contribution in [-0.2, 0) is 0 Å². The molecule has 92 valence electrons. The zero-order valence-corrected chi connectivity index (χ0v) is 10.6. The van der Waals surface area contributed by atoms with Crippen LogP contribution in [0.15, 0.2) is 12.1 Å². The monoisotopic (exact) mass is 240 g/mol. The standard InChI is InChI=1S/C14H16N4/c1-10-13(9-15)18-14(16-10)8-7-12(17-18)11-5-3-2-4-6-11/h7-8,11H,2-6H2,1H3. The van der Waals surface area contributed by atoms with E-state index in [-0.39, 0.29) is 0 Å². The fourth-order valence-corrected chi connectivity index (χ4v) is 2.80. The Kier molecular flexibility index (Phi) is 2.75. The maximum absolute atomic E-state index is 9.16. The van der Waals surface area contributed by atoms with Gasteiger partial charge < -0.3 is 0 Å². The van der Waals surface area contributed by atoms with Gasteiger partial charge in [0.2, 0.25) is 0 Å². The second kappa shape index (κ2) is 4.41. The number of aromatic nitrogens is 3. The highest BCUT2D eigenvalue weighted by molar-refractivity contribution is 5.45. The summed E-state index contributed by atoms with van der Waals surface area (Å²) >= 11 is 0. The Morgan fingerprint density at radius 2 is 2.06 bits per heavy atom. The van der Waals surface area contributed by atoms with Gasteiger partial charge in [-0.25, -0.2) is 9.50 Å². The molecular formula is C14H16N4. The van der Waals surface area contributed by atoms with E-state index < -0.39 is 0 Å². The molecule has 2 aromatic rings. The van der Waals surface area contributed by atoms with Crippen LogP contribution in [0.5, 0.6) is 0 Å². The molecule has 18 heavy (non-hydrogen) atoms. The normalized spacial score (nSPS) is 16.9. The molecule has 0 saturated heterocycles. The van der Waals surface area contributed by atoms with E-state index in [4.69, 9.17) is 5.26 Å². The summed E-state index contributed by atoms with van der Waals surface area (Å²) in [6.07, 6.45) is 6.35. The number of hydrogen-bond acceptors (Lipinski definition) is 3. The highest BCUT2D eigenvalue weighted by Crippen LogP contribution is 2.31. The predicted octanol–water partition coefficient (Wildman–Crippen LogP) is 2.96. The van der Waals surface area contributed by atoms with Crippen LogP contribution in [0.1, 0.15) is 55.1 Å². The molecule has 0 amide bonds. The Morgan fingerprint density at radius 3 is 2.78 bits per heavy atom. The molecule has 0 radical (unpaired) electrons. The molecule has 0 N–H and O–H groups in total. The van der Waals surface area contributed by atoms with Crippen molar-refractivity contribution in [2.75, 3.05) is 0 Å². The molecule has 0 atom stereocenters. The summed E-state index contributed by atoms with van der Waals surface area (Å²) in [5.74, 6) is 0.553. The summed E-state index contributed by atoms with van der Waals surface area (Å²) in [5.41, 5.74) is 3.19. The van der Waals surface area contributed by atoms with Gasteiger partial charge in [0, 0.05) is 5.92 Å². The predicted molar refractivity (Wildman–Crippen MR) is 68.3 cm³/mol. The van der Waals surface area contributed by atoms with Gasteiger partial charge in [0.15, 0.2) is 11.3 Å². The van der Waals surface area contributed by atoms with Crippen LogP contribution in [0.3, 0.4) is 0 Å². The van der Waals surface area contributed by atoms with Gasteiger partial charge in [-0.2, -0.15) is 10.4 Å². The van der Waals surface area contributed by atoms with Crippen molar-refractivity contribution in [3.63, 3.8) is 0 Å². The van der Waals surface area contributed by atoms with E-state index in [1.54, 1.807) is 4.52 Å². The Hall–Kier alpha value is -1.89. The molecule has 0 bridgehead atoms. The minimum atomic E-state index is 0.553. The van der Waals surface area contributed by atoms with Crippen LogP contribution in [0.4, 0.5) is 0 Å². The molecule has 4 nitrogen and oxygen atoms in total. The van der Waals surface area contributed by atoms with Crippen molar-refractivity contribution in [3.05, 3.63) is 29.2 Å². The summed E-state index contributed by atoms with van der Waals surface area (Å²) in [5, 5.41) is 13.8. The van der Waals surface area contributed by atoms with E-state index in [1.807, 2.05) is 13.0 Å².